The minimum absolute atomic E-state index is 0.0958. The predicted octanol–water partition coefficient (Wildman–Crippen LogP) is 2.68. The van der Waals surface area contributed by atoms with E-state index in [-0.39, 0.29) is 5.91 Å². The van der Waals surface area contributed by atoms with Crippen LogP contribution in [0.1, 0.15) is 16.3 Å². The lowest BCUT2D eigenvalue weighted by Gasteiger charge is -2.34. The van der Waals surface area contributed by atoms with Crippen molar-refractivity contribution in [3.05, 3.63) is 58.0 Å². The molecule has 164 valence electrons. The smallest absolute Gasteiger partial charge is 0.225 e. The molecule has 1 amide bonds. The first kappa shape index (κ1) is 21.7. The molecular formula is C22H27N5O2S2. The predicted molar refractivity (Wildman–Crippen MR) is 125 cm³/mol. The van der Waals surface area contributed by atoms with E-state index in [1.807, 2.05) is 35.7 Å². The first-order chi connectivity index (χ1) is 15.2. The van der Waals surface area contributed by atoms with Crippen molar-refractivity contribution in [2.45, 2.75) is 12.8 Å². The molecule has 0 radical (unpaired) electrons. The Bertz CT molecular complexity index is 968. The molecule has 1 N–H and O–H groups in total. The number of methoxy groups -OCH3 is 1. The molecule has 2 aromatic heterocycles. The van der Waals surface area contributed by atoms with E-state index in [1.54, 1.807) is 18.4 Å². The fraction of sp³-hybridized carbons (Fsp3) is 0.409. The number of amides is 1. The standard InChI is InChI=1S/C22H27N5O2S2/c1-29-18-5-2-4-17(14-18)15-20-24-22(31-25-20)27-11-9-26(10-12-27)8-7-23-21(28)16-19-6-3-13-30-19/h2-6,13-14H,7-12,15-16H2,1H3,(H,23,28). The highest BCUT2D eigenvalue weighted by molar-refractivity contribution is 7.10. The second-order valence-corrected chi connectivity index (χ2v) is 9.22. The van der Waals surface area contributed by atoms with Crippen LogP contribution in [0.15, 0.2) is 41.8 Å². The van der Waals surface area contributed by atoms with Crippen molar-refractivity contribution in [3.8, 4) is 5.75 Å². The van der Waals surface area contributed by atoms with Crippen molar-refractivity contribution in [3.63, 3.8) is 0 Å². The largest absolute Gasteiger partial charge is 0.497 e. The summed E-state index contributed by atoms with van der Waals surface area (Å²) < 4.78 is 9.84. The van der Waals surface area contributed by atoms with Gasteiger partial charge in [-0.1, -0.05) is 18.2 Å². The van der Waals surface area contributed by atoms with E-state index in [0.717, 1.165) is 59.9 Å². The molecule has 7 nitrogen and oxygen atoms in total. The average Bonchev–Trinajstić information content (AvgIpc) is 3.47. The lowest BCUT2D eigenvalue weighted by atomic mass is 10.1. The molecule has 1 aliphatic rings. The van der Waals surface area contributed by atoms with Crippen molar-refractivity contribution in [1.29, 1.82) is 0 Å². The third-order valence-corrected chi connectivity index (χ3v) is 6.95. The number of hydrogen-bond donors (Lipinski definition) is 1. The van der Waals surface area contributed by atoms with Crippen molar-refractivity contribution in [1.82, 2.24) is 19.6 Å². The number of benzene rings is 1. The third kappa shape index (κ3) is 6.25. The van der Waals surface area contributed by atoms with E-state index in [1.165, 1.54) is 11.5 Å². The Hall–Kier alpha value is -2.49. The molecule has 0 atom stereocenters. The molecule has 1 fully saturated rings. The van der Waals surface area contributed by atoms with Crippen LogP contribution in [0.2, 0.25) is 0 Å². The number of piperazine rings is 1. The summed E-state index contributed by atoms with van der Waals surface area (Å²) in [5, 5.41) is 6.02. The molecule has 3 heterocycles. The highest BCUT2D eigenvalue weighted by Gasteiger charge is 2.20. The Morgan fingerprint density at radius 2 is 2.06 bits per heavy atom. The fourth-order valence-corrected chi connectivity index (χ4v) is 5.00. The molecule has 1 saturated heterocycles. The summed E-state index contributed by atoms with van der Waals surface area (Å²) in [7, 11) is 1.68. The highest BCUT2D eigenvalue weighted by atomic mass is 32.1. The Morgan fingerprint density at radius 3 is 2.84 bits per heavy atom. The maximum atomic E-state index is 12.0. The first-order valence-corrected chi connectivity index (χ1v) is 12.1. The Morgan fingerprint density at radius 1 is 1.19 bits per heavy atom. The van der Waals surface area contributed by atoms with Gasteiger partial charge >= 0.3 is 0 Å². The summed E-state index contributed by atoms with van der Waals surface area (Å²) in [6.45, 7) is 5.35. The van der Waals surface area contributed by atoms with Gasteiger partial charge in [-0.15, -0.1) is 11.3 Å². The van der Waals surface area contributed by atoms with Crippen LogP contribution >= 0.6 is 22.9 Å². The maximum Gasteiger partial charge on any atom is 0.225 e. The lowest BCUT2D eigenvalue weighted by molar-refractivity contribution is -0.120. The Balaban J connectivity index is 1.19. The highest BCUT2D eigenvalue weighted by Crippen LogP contribution is 2.21. The summed E-state index contributed by atoms with van der Waals surface area (Å²) in [6.07, 6.45) is 1.18. The average molecular weight is 458 g/mol. The molecule has 31 heavy (non-hydrogen) atoms. The number of nitrogens with one attached hydrogen (secondary N) is 1. The van der Waals surface area contributed by atoms with Gasteiger partial charge < -0.3 is 15.0 Å². The van der Waals surface area contributed by atoms with Crippen molar-refractivity contribution >= 4 is 33.9 Å². The molecule has 4 rings (SSSR count). The summed E-state index contributed by atoms with van der Waals surface area (Å²) in [5.74, 6) is 1.80. The van der Waals surface area contributed by atoms with Gasteiger partial charge in [-0.2, -0.15) is 4.37 Å². The van der Waals surface area contributed by atoms with Gasteiger partial charge in [0, 0.05) is 62.1 Å². The van der Waals surface area contributed by atoms with Crippen LogP contribution in [0.3, 0.4) is 0 Å². The number of carbonyl (C=O) groups excluding carboxylic acids is 1. The van der Waals surface area contributed by atoms with Crippen LogP contribution in [0.25, 0.3) is 0 Å². The number of nitrogens with zero attached hydrogens (tertiary/aromatic N) is 4. The van der Waals surface area contributed by atoms with Crippen molar-refractivity contribution in [2.75, 3.05) is 51.3 Å². The number of hydrogen-bond acceptors (Lipinski definition) is 8. The second-order valence-electron chi connectivity index (χ2n) is 7.46. The molecule has 0 aliphatic carbocycles. The van der Waals surface area contributed by atoms with Crippen LogP contribution in [0, 0.1) is 0 Å². The van der Waals surface area contributed by atoms with Crippen LogP contribution in [0.4, 0.5) is 5.13 Å². The molecule has 1 aliphatic heterocycles. The van der Waals surface area contributed by atoms with Crippen LogP contribution in [0.5, 0.6) is 5.75 Å². The van der Waals surface area contributed by atoms with E-state index >= 15 is 0 Å². The number of ether oxygens (including phenoxy) is 1. The van der Waals surface area contributed by atoms with E-state index < -0.39 is 0 Å². The van der Waals surface area contributed by atoms with Gasteiger partial charge in [-0.3, -0.25) is 9.69 Å². The zero-order valence-corrected chi connectivity index (χ0v) is 19.3. The number of thiophene rings is 1. The van der Waals surface area contributed by atoms with E-state index in [9.17, 15) is 4.79 Å². The normalized spacial score (nSPS) is 14.5. The number of anilines is 1. The maximum absolute atomic E-state index is 12.0. The lowest BCUT2D eigenvalue weighted by Crippen LogP contribution is -2.48. The summed E-state index contributed by atoms with van der Waals surface area (Å²) in [4.78, 5) is 22.6. The van der Waals surface area contributed by atoms with E-state index in [0.29, 0.717) is 19.4 Å². The van der Waals surface area contributed by atoms with Crippen LogP contribution in [-0.4, -0.2) is 66.5 Å². The number of aromatic nitrogens is 2. The van der Waals surface area contributed by atoms with Gasteiger partial charge in [0.05, 0.1) is 13.5 Å². The van der Waals surface area contributed by atoms with Crippen LogP contribution < -0.4 is 15.0 Å². The van der Waals surface area contributed by atoms with Crippen molar-refractivity contribution in [2.24, 2.45) is 0 Å². The molecule has 1 aromatic carbocycles. The number of rotatable bonds is 9. The summed E-state index contributed by atoms with van der Waals surface area (Å²) >= 11 is 3.09. The van der Waals surface area contributed by atoms with Gasteiger partial charge in [0.15, 0.2) is 0 Å². The Labute approximate surface area is 190 Å². The number of carbonyl (C=O) groups is 1. The minimum atomic E-state index is 0.0958. The summed E-state index contributed by atoms with van der Waals surface area (Å²) in [6, 6.07) is 12.0. The zero-order valence-electron chi connectivity index (χ0n) is 17.6. The molecule has 0 spiro atoms. The molecule has 3 aromatic rings. The van der Waals surface area contributed by atoms with Gasteiger partial charge in [0.25, 0.3) is 0 Å². The molecule has 0 saturated carbocycles. The van der Waals surface area contributed by atoms with Crippen LogP contribution in [-0.2, 0) is 17.6 Å². The van der Waals surface area contributed by atoms with Crippen molar-refractivity contribution < 1.29 is 9.53 Å². The quantitative estimate of drug-likeness (QED) is 0.533. The van der Waals surface area contributed by atoms with E-state index in [4.69, 9.17) is 9.72 Å². The molecule has 0 unspecified atom stereocenters. The van der Waals surface area contributed by atoms with Gasteiger partial charge in [-0.25, -0.2) is 4.98 Å². The zero-order chi connectivity index (χ0) is 21.5. The van der Waals surface area contributed by atoms with Gasteiger partial charge in [0.2, 0.25) is 11.0 Å². The SMILES string of the molecule is COc1cccc(Cc2nsc(N3CCN(CCNC(=O)Cc4cccs4)CC3)n2)c1. The second kappa shape index (κ2) is 10.7. The molecule has 0 bridgehead atoms. The fourth-order valence-electron chi connectivity index (χ4n) is 3.56. The monoisotopic (exact) mass is 457 g/mol. The Kier molecular flexibility index (Phi) is 7.50. The first-order valence-electron chi connectivity index (χ1n) is 10.4. The van der Waals surface area contributed by atoms with Gasteiger partial charge in [0.1, 0.15) is 11.6 Å². The third-order valence-electron chi connectivity index (χ3n) is 5.26. The topological polar surface area (TPSA) is 70.6 Å². The molecule has 9 heteroatoms. The minimum Gasteiger partial charge on any atom is -0.497 e. The molecular weight excluding hydrogens is 430 g/mol. The van der Waals surface area contributed by atoms with E-state index in [2.05, 4.69) is 25.6 Å². The summed E-state index contributed by atoms with van der Waals surface area (Å²) in [5.41, 5.74) is 1.15. The van der Waals surface area contributed by atoms with Gasteiger partial charge in [-0.05, 0) is 29.1 Å².